The number of ether oxygens (including phenoxy) is 3. The second-order valence-corrected chi connectivity index (χ2v) is 8.24. The van der Waals surface area contributed by atoms with Crippen molar-refractivity contribution in [1.82, 2.24) is 0 Å². The van der Waals surface area contributed by atoms with Crippen LogP contribution in [0, 0.1) is 0 Å². The van der Waals surface area contributed by atoms with Gasteiger partial charge in [-0.15, -0.1) is 0 Å². The van der Waals surface area contributed by atoms with Crippen LogP contribution >= 0.6 is 0 Å². The van der Waals surface area contributed by atoms with Crippen molar-refractivity contribution in [3.8, 4) is 0 Å². The van der Waals surface area contributed by atoms with Crippen LogP contribution in [-0.4, -0.2) is 57.6 Å². The first kappa shape index (κ1) is 22.8. The van der Waals surface area contributed by atoms with Crippen LogP contribution in [0.1, 0.15) is 20.7 Å². The van der Waals surface area contributed by atoms with Crippen molar-refractivity contribution in [2.45, 2.75) is 24.4 Å². The van der Waals surface area contributed by atoms with Gasteiger partial charge >= 0.3 is 17.9 Å². The van der Waals surface area contributed by atoms with Gasteiger partial charge in [-0.25, -0.2) is 13.8 Å². The van der Waals surface area contributed by atoms with Gasteiger partial charge in [0, 0.05) is 0 Å². The normalized spacial score (nSPS) is 22.6. The average Bonchev–Trinajstić information content (AvgIpc) is 2.95. The van der Waals surface area contributed by atoms with E-state index in [4.69, 9.17) is 14.2 Å². The molecule has 1 aliphatic rings. The molecule has 1 aliphatic heterocycles. The van der Waals surface area contributed by atoms with Crippen molar-refractivity contribution in [1.29, 1.82) is 0 Å². The summed E-state index contributed by atoms with van der Waals surface area (Å²) in [6.07, 6.45) is -5.94. The lowest BCUT2D eigenvalue weighted by Crippen LogP contribution is -2.45. The number of benzene rings is 2. The van der Waals surface area contributed by atoms with Crippen LogP contribution in [0.2, 0.25) is 0 Å². The SMILES string of the molecule is CS(=O)(=O)OC1O[C@H](COC(=O)c2ccccc2)[C@@H](OC(=O)c2ccccc2)C1(F)F. The zero-order chi connectivity index (χ0) is 22.6. The van der Waals surface area contributed by atoms with Gasteiger partial charge in [0.1, 0.15) is 12.7 Å². The van der Waals surface area contributed by atoms with E-state index in [1.54, 1.807) is 24.3 Å². The van der Waals surface area contributed by atoms with E-state index in [1.165, 1.54) is 36.4 Å². The molecule has 0 aliphatic carbocycles. The summed E-state index contributed by atoms with van der Waals surface area (Å²) in [4.78, 5) is 24.4. The summed E-state index contributed by atoms with van der Waals surface area (Å²) in [6, 6.07) is 15.1. The summed E-state index contributed by atoms with van der Waals surface area (Å²) in [5.41, 5.74) is 0.153. The molecule has 1 heterocycles. The molecular formula is C20H18F2O8S. The Labute approximate surface area is 176 Å². The summed E-state index contributed by atoms with van der Waals surface area (Å²) >= 11 is 0. The molecule has 1 saturated heterocycles. The van der Waals surface area contributed by atoms with Gasteiger partial charge in [-0.05, 0) is 24.3 Å². The number of alkyl halides is 2. The van der Waals surface area contributed by atoms with E-state index in [2.05, 4.69) is 4.18 Å². The van der Waals surface area contributed by atoms with Crippen LogP contribution in [0.25, 0.3) is 0 Å². The molecule has 2 aromatic rings. The Morgan fingerprint density at radius 2 is 1.48 bits per heavy atom. The van der Waals surface area contributed by atoms with Gasteiger partial charge in [-0.1, -0.05) is 36.4 Å². The lowest BCUT2D eigenvalue weighted by molar-refractivity contribution is -0.183. The van der Waals surface area contributed by atoms with E-state index in [0.29, 0.717) is 6.26 Å². The van der Waals surface area contributed by atoms with Crippen LogP contribution in [0.5, 0.6) is 0 Å². The maximum absolute atomic E-state index is 14.8. The number of carbonyl (C=O) groups excluding carboxylic acids is 2. The highest BCUT2D eigenvalue weighted by Gasteiger charge is 2.63. The van der Waals surface area contributed by atoms with Gasteiger partial charge in [0.2, 0.25) is 12.4 Å². The van der Waals surface area contributed by atoms with Crippen LogP contribution in [0.15, 0.2) is 60.7 Å². The summed E-state index contributed by atoms with van der Waals surface area (Å²) < 4.78 is 71.6. The van der Waals surface area contributed by atoms with Crippen molar-refractivity contribution in [2.75, 3.05) is 12.9 Å². The molecule has 0 N–H and O–H groups in total. The van der Waals surface area contributed by atoms with E-state index in [0.717, 1.165) is 0 Å². The molecule has 0 radical (unpaired) electrons. The highest BCUT2D eigenvalue weighted by molar-refractivity contribution is 7.86. The molecule has 2 aromatic carbocycles. The highest BCUT2D eigenvalue weighted by Crippen LogP contribution is 2.40. The molecule has 0 saturated carbocycles. The maximum atomic E-state index is 14.8. The lowest BCUT2D eigenvalue weighted by Gasteiger charge is -2.23. The number of hydrogen-bond acceptors (Lipinski definition) is 8. The molecule has 0 aromatic heterocycles. The van der Waals surface area contributed by atoms with Crippen LogP contribution in [0.4, 0.5) is 8.78 Å². The summed E-state index contributed by atoms with van der Waals surface area (Å²) in [6.45, 7) is -0.736. The Kier molecular flexibility index (Phi) is 6.68. The fraction of sp³-hybridized carbons (Fsp3) is 0.300. The molecule has 31 heavy (non-hydrogen) atoms. The average molecular weight is 456 g/mol. The first-order chi connectivity index (χ1) is 14.6. The molecule has 166 valence electrons. The second kappa shape index (κ2) is 9.08. The quantitative estimate of drug-likeness (QED) is 0.462. The minimum atomic E-state index is -4.33. The fourth-order valence-corrected chi connectivity index (χ4v) is 3.29. The molecule has 1 unspecified atom stereocenters. The monoisotopic (exact) mass is 456 g/mol. The van der Waals surface area contributed by atoms with Gasteiger partial charge in [0.25, 0.3) is 10.1 Å². The van der Waals surface area contributed by atoms with E-state index in [1.807, 2.05) is 0 Å². The van der Waals surface area contributed by atoms with Crippen LogP contribution < -0.4 is 0 Å². The Bertz CT molecular complexity index is 1030. The molecular weight excluding hydrogens is 438 g/mol. The summed E-state index contributed by atoms with van der Waals surface area (Å²) in [5, 5.41) is 0. The highest BCUT2D eigenvalue weighted by atomic mass is 32.2. The van der Waals surface area contributed by atoms with Gasteiger partial charge in [0.05, 0.1) is 17.4 Å². The Morgan fingerprint density at radius 1 is 0.968 bits per heavy atom. The molecule has 3 rings (SSSR count). The second-order valence-electron chi connectivity index (χ2n) is 6.64. The predicted molar refractivity (Wildman–Crippen MR) is 102 cm³/mol. The molecule has 3 atom stereocenters. The van der Waals surface area contributed by atoms with Gasteiger partial charge in [0.15, 0.2) is 0 Å². The van der Waals surface area contributed by atoms with Crippen molar-refractivity contribution >= 4 is 22.1 Å². The smallest absolute Gasteiger partial charge is 0.338 e. The Hall–Kier alpha value is -2.89. The number of carbonyl (C=O) groups is 2. The van der Waals surface area contributed by atoms with Gasteiger partial charge in [-0.2, -0.15) is 17.2 Å². The van der Waals surface area contributed by atoms with E-state index in [9.17, 15) is 26.8 Å². The number of hydrogen-bond donors (Lipinski definition) is 0. The third kappa shape index (κ3) is 5.63. The van der Waals surface area contributed by atoms with E-state index in [-0.39, 0.29) is 11.1 Å². The maximum Gasteiger partial charge on any atom is 0.338 e. The van der Waals surface area contributed by atoms with Gasteiger partial charge in [-0.3, -0.25) is 0 Å². The number of esters is 2. The summed E-state index contributed by atoms with van der Waals surface area (Å²) in [7, 11) is -4.33. The van der Waals surface area contributed by atoms with E-state index >= 15 is 0 Å². The molecule has 11 heteroatoms. The Balaban J connectivity index is 1.79. The number of rotatable bonds is 7. The van der Waals surface area contributed by atoms with Crippen LogP contribution in [-0.2, 0) is 28.5 Å². The van der Waals surface area contributed by atoms with Crippen molar-refractivity contribution < 1.29 is 45.2 Å². The lowest BCUT2D eigenvalue weighted by atomic mass is 10.1. The van der Waals surface area contributed by atoms with Crippen molar-refractivity contribution in [2.24, 2.45) is 0 Å². The Morgan fingerprint density at radius 3 is 2.00 bits per heavy atom. The number of halogens is 2. The zero-order valence-electron chi connectivity index (χ0n) is 16.1. The standard InChI is InChI=1S/C20H18F2O8S/c1-31(25,26)30-19-20(21,22)16(29-18(24)14-10-6-3-7-11-14)15(28-19)12-27-17(23)13-8-4-2-5-9-13/h2-11,15-16,19H,12H2,1H3/t15-,16-,19?/m1/s1. The van der Waals surface area contributed by atoms with Crippen LogP contribution in [0.3, 0.4) is 0 Å². The molecule has 1 fully saturated rings. The molecule has 0 amide bonds. The summed E-state index contributed by atoms with van der Waals surface area (Å²) in [5.74, 6) is -5.96. The zero-order valence-corrected chi connectivity index (χ0v) is 17.0. The largest absolute Gasteiger partial charge is 0.459 e. The van der Waals surface area contributed by atoms with Crippen molar-refractivity contribution in [3.63, 3.8) is 0 Å². The first-order valence-corrected chi connectivity index (χ1v) is 10.8. The fourth-order valence-electron chi connectivity index (χ4n) is 2.80. The third-order valence-corrected chi connectivity index (χ3v) is 4.75. The molecule has 8 nitrogen and oxygen atoms in total. The minimum absolute atomic E-state index is 0.00851. The van der Waals surface area contributed by atoms with E-state index < -0.39 is 53.1 Å². The van der Waals surface area contributed by atoms with Gasteiger partial charge < -0.3 is 14.2 Å². The molecule has 0 spiro atoms. The minimum Gasteiger partial charge on any atom is -0.459 e. The molecule has 0 bridgehead atoms. The topological polar surface area (TPSA) is 105 Å². The third-order valence-electron chi connectivity index (χ3n) is 4.22. The first-order valence-electron chi connectivity index (χ1n) is 8.97. The van der Waals surface area contributed by atoms with Crippen molar-refractivity contribution in [3.05, 3.63) is 71.8 Å². The predicted octanol–water partition coefficient (Wildman–Crippen LogP) is 2.41.